The Morgan fingerprint density at radius 2 is 1.83 bits per heavy atom. The molecule has 0 atom stereocenters. The summed E-state index contributed by atoms with van der Waals surface area (Å²) in [6.45, 7) is 3.08. The molecule has 1 aromatic carbocycles. The fraction of sp³-hybridized carbons (Fsp3) is 0.160. The summed E-state index contributed by atoms with van der Waals surface area (Å²) in [5.41, 5.74) is 1.14. The second kappa shape index (κ2) is 9.71. The Morgan fingerprint density at radius 1 is 1.06 bits per heavy atom. The Labute approximate surface area is 204 Å². The number of aromatic hydroxyl groups is 1. The van der Waals surface area contributed by atoms with Crippen molar-refractivity contribution >= 4 is 22.6 Å². The van der Waals surface area contributed by atoms with Crippen LogP contribution < -0.4 is 19.5 Å². The lowest BCUT2D eigenvalue weighted by Gasteiger charge is -2.13. The molecule has 3 aromatic heterocycles. The predicted octanol–water partition coefficient (Wildman–Crippen LogP) is 4.42. The van der Waals surface area contributed by atoms with Crippen LogP contribution in [0, 0.1) is 31.0 Å². The first-order valence-corrected chi connectivity index (χ1v) is 10.5. The Morgan fingerprint density at radius 3 is 2.50 bits per heavy atom. The minimum atomic E-state index is -0.765. The number of nitrogens with one attached hydrogen (secondary N) is 1. The maximum atomic E-state index is 14.9. The number of aryl methyl sites for hydroxylation is 2. The van der Waals surface area contributed by atoms with Gasteiger partial charge in [-0.1, -0.05) is 0 Å². The quantitative estimate of drug-likeness (QED) is 0.403. The van der Waals surface area contributed by atoms with Gasteiger partial charge < -0.3 is 24.6 Å². The third-order valence-electron chi connectivity index (χ3n) is 5.30. The summed E-state index contributed by atoms with van der Waals surface area (Å²) in [5, 5.41) is 22.1. The van der Waals surface area contributed by atoms with E-state index in [4.69, 9.17) is 14.2 Å². The number of amides is 1. The molecule has 10 nitrogen and oxygen atoms in total. The largest absolute Gasteiger partial charge is 0.506 e. The van der Waals surface area contributed by atoms with Gasteiger partial charge >= 0.3 is 0 Å². The van der Waals surface area contributed by atoms with E-state index in [1.165, 1.54) is 45.5 Å². The Kier molecular flexibility index (Phi) is 6.52. The fourth-order valence-electron chi connectivity index (χ4n) is 3.60. The summed E-state index contributed by atoms with van der Waals surface area (Å²) < 4.78 is 31.1. The molecule has 36 heavy (non-hydrogen) atoms. The molecule has 0 radical (unpaired) electrons. The van der Waals surface area contributed by atoms with Gasteiger partial charge in [0.05, 0.1) is 31.1 Å². The number of nitrogens with zero attached hydrogens (tertiary/aromatic N) is 4. The molecule has 0 aliphatic rings. The smallest absolute Gasteiger partial charge is 0.261 e. The third-order valence-corrected chi connectivity index (χ3v) is 5.30. The van der Waals surface area contributed by atoms with Crippen LogP contribution in [0.15, 0.2) is 36.5 Å². The molecule has 182 valence electrons. The van der Waals surface area contributed by atoms with Gasteiger partial charge in [0, 0.05) is 30.1 Å². The molecule has 0 bridgehead atoms. The lowest BCUT2D eigenvalue weighted by atomic mass is 10.1. The maximum Gasteiger partial charge on any atom is 0.261 e. The zero-order valence-corrected chi connectivity index (χ0v) is 19.7. The summed E-state index contributed by atoms with van der Waals surface area (Å²) in [4.78, 5) is 25.5. The van der Waals surface area contributed by atoms with Crippen molar-refractivity contribution in [2.24, 2.45) is 0 Å². The first kappa shape index (κ1) is 24.2. The number of hydrogen-bond donors (Lipinski definition) is 2. The highest BCUT2D eigenvalue weighted by Crippen LogP contribution is 2.35. The number of carbonyl (C=O) groups excluding carboxylic acids is 1. The van der Waals surface area contributed by atoms with Crippen LogP contribution in [0.4, 0.5) is 10.1 Å². The van der Waals surface area contributed by atoms with Crippen molar-refractivity contribution < 1.29 is 28.5 Å². The van der Waals surface area contributed by atoms with E-state index in [1.807, 2.05) is 6.07 Å². The van der Waals surface area contributed by atoms with E-state index < -0.39 is 17.5 Å². The Balaban J connectivity index is 1.62. The van der Waals surface area contributed by atoms with Crippen LogP contribution in [0.5, 0.6) is 28.9 Å². The van der Waals surface area contributed by atoms with Crippen LogP contribution in [-0.2, 0) is 0 Å². The van der Waals surface area contributed by atoms with Crippen LogP contribution >= 0.6 is 0 Å². The third kappa shape index (κ3) is 4.39. The van der Waals surface area contributed by atoms with E-state index in [0.717, 1.165) is 6.07 Å². The number of nitriles is 1. The summed E-state index contributed by atoms with van der Waals surface area (Å²) in [5.74, 6) is -1.29. The highest BCUT2D eigenvalue weighted by molar-refractivity contribution is 6.07. The summed E-state index contributed by atoms with van der Waals surface area (Å²) in [6, 6.07) is 8.79. The zero-order valence-electron chi connectivity index (χ0n) is 19.7. The molecule has 0 saturated carbocycles. The Hall–Kier alpha value is -4.98. The number of benzene rings is 1. The topological polar surface area (TPSA) is 139 Å². The normalized spacial score (nSPS) is 10.6. The van der Waals surface area contributed by atoms with Gasteiger partial charge in [0.2, 0.25) is 0 Å². The van der Waals surface area contributed by atoms with Gasteiger partial charge in [-0.25, -0.2) is 9.37 Å². The fourth-order valence-corrected chi connectivity index (χ4v) is 3.60. The molecular weight excluding hydrogens is 469 g/mol. The monoisotopic (exact) mass is 489 g/mol. The minimum absolute atomic E-state index is 0.104. The van der Waals surface area contributed by atoms with Crippen LogP contribution in [-0.4, -0.2) is 40.2 Å². The number of fused-ring (bicyclic) bond motifs is 1. The number of pyridine rings is 3. The van der Waals surface area contributed by atoms with E-state index >= 15 is 0 Å². The van der Waals surface area contributed by atoms with E-state index in [2.05, 4.69) is 20.3 Å². The van der Waals surface area contributed by atoms with E-state index in [9.17, 15) is 19.6 Å². The van der Waals surface area contributed by atoms with Crippen LogP contribution in [0.1, 0.15) is 27.3 Å². The number of rotatable bonds is 6. The SMILES string of the molecule is COc1cc2nccc(Oc3ccc(NC(=O)c4c(C)nc(C)c(C#N)c4O)cc3F)c2nc1OC. The molecule has 4 rings (SSSR count). The van der Waals surface area contributed by atoms with Gasteiger partial charge in [-0.3, -0.25) is 14.8 Å². The van der Waals surface area contributed by atoms with Crippen molar-refractivity contribution in [1.82, 2.24) is 15.0 Å². The number of anilines is 1. The van der Waals surface area contributed by atoms with Crippen molar-refractivity contribution in [2.45, 2.75) is 13.8 Å². The van der Waals surface area contributed by atoms with Gasteiger partial charge in [0.15, 0.2) is 23.1 Å². The van der Waals surface area contributed by atoms with Gasteiger partial charge in [0.1, 0.15) is 28.5 Å². The molecule has 1 amide bonds. The van der Waals surface area contributed by atoms with Crippen LogP contribution in [0.2, 0.25) is 0 Å². The van der Waals surface area contributed by atoms with Crippen molar-refractivity contribution in [3.8, 4) is 34.9 Å². The van der Waals surface area contributed by atoms with E-state index in [-0.39, 0.29) is 39.9 Å². The Bertz CT molecular complexity index is 1550. The first-order chi connectivity index (χ1) is 17.3. The van der Waals surface area contributed by atoms with Crippen molar-refractivity contribution in [3.63, 3.8) is 0 Å². The number of aromatic nitrogens is 3. The summed E-state index contributed by atoms with van der Waals surface area (Å²) in [6.07, 6.45) is 1.48. The van der Waals surface area contributed by atoms with Crippen LogP contribution in [0.25, 0.3) is 11.0 Å². The highest BCUT2D eigenvalue weighted by Gasteiger charge is 2.22. The predicted molar refractivity (Wildman–Crippen MR) is 127 cm³/mol. The molecular formula is C25H20FN5O5. The van der Waals surface area contributed by atoms with Gasteiger partial charge in [0.25, 0.3) is 11.8 Å². The first-order valence-electron chi connectivity index (χ1n) is 10.5. The van der Waals surface area contributed by atoms with E-state index in [0.29, 0.717) is 22.5 Å². The van der Waals surface area contributed by atoms with Crippen LogP contribution in [0.3, 0.4) is 0 Å². The van der Waals surface area contributed by atoms with Gasteiger partial charge in [-0.2, -0.15) is 5.26 Å². The molecule has 4 aromatic rings. The second-order valence-electron chi connectivity index (χ2n) is 7.57. The standard InChI is InChI=1S/C25H20FN5O5/c1-12-15(11-27)23(32)21(13(2)29-12)24(33)30-14-5-6-18(16(26)9-14)36-19-7-8-28-17-10-20(34-3)25(35-4)31-22(17)19/h5-10H,1-4H3,(H,29,32)(H,30,33). The molecule has 2 N–H and O–H groups in total. The number of halogens is 1. The highest BCUT2D eigenvalue weighted by atomic mass is 19.1. The molecule has 0 aliphatic carbocycles. The maximum absolute atomic E-state index is 14.9. The molecule has 0 unspecified atom stereocenters. The molecule has 0 spiro atoms. The lowest BCUT2D eigenvalue weighted by Crippen LogP contribution is -2.16. The zero-order chi connectivity index (χ0) is 26.0. The van der Waals surface area contributed by atoms with Gasteiger partial charge in [-0.05, 0) is 26.0 Å². The molecule has 0 fully saturated rings. The van der Waals surface area contributed by atoms with Crippen molar-refractivity contribution in [2.75, 3.05) is 19.5 Å². The van der Waals surface area contributed by atoms with Crippen molar-refractivity contribution in [1.29, 1.82) is 5.26 Å². The minimum Gasteiger partial charge on any atom is -0.506 e. The number of hydrogen-bond acceptors (Lipinski definition) is 9. The summed E-state index contributed by atoms with van der Waals surface area (Å²) in [7, 11) is 2.91. The van der Waals surface area contributed by atoms with Gasteiger partial charge in [-0.15, -0.1) is 0 Å². The molecule has 11 heteroatoms. The molecule has 3 heterocycles. The molecule has 0 aliphatic heterocycles. The van der Waals surface area contributed by atoms with E-state index in [1.54, 1.807) is 13.0 Å². The number of ether oxygens (including phenoxy) is 3. The number of carbonyl (C=O) groups is 1. The average molecular weight is 489 g/mol. The number of methoxy groups -OCH3 is 2. The molecule has 0 saturated heterocycles. The lowest BCUT2D eigenvalue weighted by molar-refractivity contribution is 0.102. The second-order valence-corrected chi connectivity index (χ2v) is 7.57. The average Bonchev–Trinajstić information content (AvgIpc) is 2.84. The summed E-state index contributed by atoms with van der Waals surface area (Å²) >= 11 is 0. The van der Waals surface area contributed by atoms with Crippen molar-refractivity contribution in [3.05, 3.63) is 64.9 Å².